The van der Waals surface area contributed by atoms with Crippen molar-refractivity contribution in [1.29, 1.82) is 0 Å². The van der Waals surface area contributed by atoms with Gasteiger partial charge in [-0.25, -0.2) is 0 Å². The van der Waals surface area contributed by atoms with Crippen molar-refractivity contribution in [2.45, 2.75) is 77.5 Å². The van der Waals surface area contributed by atoms with E-state index in [1.54, 1.807) is 0 Å². The summed E-state index contributed by atoms with van der Waals surface area (Å²) in [5.74, 6) is 0.699. The smallest absolute Gasteiger partial charge is 0.399 e. The Bertz CT molecular complexity index is 496. The quantitative estimate of drug-likeness (QED) is 0.786. The lowest BCUT2D eigenvalue weighted by molar-refractivity contribution is 0.00578. The summed E-state index contributed by atoms with van der Waals surface area (Å²) in [4.78, 5) is 0. The Hall–Kier alpha value is -0.805. The van der Waals surface area contributed by atoms with E-state index in [4.69, 9.17) is 9.31 Å². The van der Waals surface area contributed by atoms with Crippen molar-refractivity contribution < 1.29 is 9.31 Å². The molecule has 5 heteroatoms. The number of aromatic nitrogens is 2. The maximum atomic E-state index is 6.10. The molecule has 2 fully saturated rings. The van der Waals surface area contributed by atoms with Gasteiger partial charge in [-0.1, -0.05) is 19.8 Å². The maximum Gasteiger partial charge on any atom is 0.498 e. The molecule has 0 bridgehead atoms. The van der Waals surface area contributed by atoms with Crippen LogP contribution in [0.1, 0.15) is 66.3 Å². The van der Waals surface area contributed by atoms with E-state index in [0.29, 0.717) is 12.0 Å². The van der Waals surface area contributed by atoms with Crippen molar-refractivity contribution in [2.24, 2.45) is 5.92 Å². The Labute approximate surface area is 128 Å². The topological polar surface area (TPSA) is 36.3 Å². The molecule has 1 aromatic heterocycles. The van der Waals surface area contributed by atoms with Crippen molar-refractivity contribution in [2.75, 3.05) is 0 Å². The second-order valence-corrected chi connectivity index (χ2v) is 7.67. The third kappa shape index (κ3) is 2.66. The molecule has 0 aromatic carbocycles. The zero-order chi connectivity index (χ0) is 15.3. The van der Waals surface area contributed by atoms with E-state index >= 15 is 0 Å². The minimum Gasteiger partial charge on any atom is -0.399 e. The Kier molecular flexibility index (Phi) is 3.69. The maximum absolute atomic E-state index is 6.10. The van der Waals surface area contributed by atoms with Crippen LogP contribution in [0.4, 0.5) is 0 Å². The molecule has 1 aromatic rings. The first-order valence-corrected chi connectivity index (χ1v) is 8.20. The normalized spacial score (nSPS) is 31.6. The van der Waals surface area contributed by atoms with Crippen LogP contribution in [0.15, 0.2) is 12.4 Å². The Balaban J connectivity index is 1.77. The molecule has 116 valence electrons. The first-order valence-electron chi connectivity index (χ1n) is 8.20. The molecule has 2 aliphatic rings. The summed E-state index contributed by atoms with van der Waals surface area (Å²) in [6.07, 6.45) is 9.21. The van der Waals surface area contributed by atoms with Gasteiger partial charge in [0.05, 0.1) is 17.2 Å². The lowest BCUT2D eigenvalue weighted by Crippen LogP contribution is -2.41. The fraction of sp³-hybridized carbons (Fsp3) is 0.812. The van der Waals surface area contributed by atoms with Crippen LogP contribution in [0.3, 0.4) is 0 Å². The summed E-state index contributed by atoms with van der Waals surface area (Å²) < 4.78 is 14.3. The van der Waals surface area contributed by atoms with Crippen molar-refractivity contribution in [3.8, 4) is 0 Å². The van der Waals surface area contributed by atoms with Crippen molar-refractivity contribution >= 4 is 12.6 Å². The minimum atomic E-state index is -0.303. The predicted octanol–water partition coefficient (Wildman–Crippen LogP) is 2.93. The second kappa shape index (κ2) is 5.13. The molecule has 1 aliphatic heterocycles. The highest BCUT2D eigenvalue weighted by molar-refractivity contribution is 6.61. The molecule has 0 radical (unpaired) electrons. The number of nitrogens with zero attached hydrogens (tertiary/aromatic N) is 2. The summed E-state index contributed by atoms with van der Waals surface area (Å²) in [6.45, 7) is 10.7. The van der Waals surface area contributed by atoms with Gasteiger partial charge < -0.3 is 9.31 Å². The fourth-order valence-electron chi connectivity index (χ4n) is 3.32. The average Bonchev–Trinajstić information content (AvgIpc) is 2.94. The molecule has 2 atom stereocenters. The van der Waals surface area contributed by atoms with E-state index in [1.807, 2.05) is 6.20 Å². The molecule has 1 saturated carbocycles. The highest BCUT2D eigenvalue weighted by atomic mass is 16.7. The number of hydrogen-bond donors (Lipinski definition) is 0. The molecule has 0 spiro atoms. The summed E-state index contributed by atoms with van der Waals surface area (Å²) in [5.41, 5.74) is 0.446. The second-order valence-electron chi connectivity index (χ2n) is 7.67. The van der Waals surface area contributed by atoms with Crippen LogP contribution in [0, 0.1) is 5.92 Å². The number of hydrogen-bond acceptors (Lipinski definition) is 3. The molecule has 0 unspecified atom stereocenters. The van der Waals surface area contributed by atoms with Crippen LogP contribution < -0.4 is 5.46 Å². The van der Waals surface area contributed by atoms with Crippen molar-refractivity contribution in [1.82, 2.24) is 9.78 Å². The van der Waals surface area contributed by atoms with Crippen molar-refractivity contribution in [3.05, 3.63) is 12.4 Å². The van der Waals surface area contributed by atoms with E-state index in [-0.39, 0.29) is 18.3 Å². The molecular weight excluding hydrogens is 263 g/mol. The largest absolute Gasteiger partial charge is 0.498 e. The van der Waals surface area contributed by atoms with Crippen LogP contribution in [-0.4, -0.2) is 28.1 Å². The minimum absolute atomic E-state index is 0.294. The zero-order valence-corrected chi connectivity index (χ0v) is 13.9. The lowest BCUT2D eigenvalue weighted by atomic mass is 9.81. The molecular formula is C16H27BN2O2. The first-order chi connectivity index (χ1) is 9.80. The molecule has 21 heavy (non-hydrogen) atoms. The SMILES string of the molecule is C[C@H]1CCCC[C@H]1n1cc(B2OC(C)(C)C(C)(C)O2)cn1. The third-order valence-corrected chi connectivity index (χ3v) is 5.55. The van der Waals surface area contributed by atoms with Gasteiger partial charge in [0.2, 0.25) is 0 Å². The van der Waals surface area contributed by atoms with Gasteiger partial charge in [-0.2, -0.15) is 5.10 Å². The first kappa shape index (κ1) is 15.1. The molecule has 1 aliphatic carbocycles. The molecule has 0 amide bonds. The van der Waals surface area contributed by atoms with E-state index in [9.17, 15) is 0 Å². The van der Waals surface area contributed by atoms with Crippen LogP contribution in [-0.2, 0) is 9.31 Å². The molecule has 1 saturated heterocycles. The highest BCUT2D eigenvalue weighted by Gasteiger charge is 2.52. The summed E-state index contributed by atoms with van der Waals surface area (Å²) in [7, 11) is -0.303. The molecule has 3 rings (SSSR count). The zero-order valence-electron chi connectivity index (χ0n) is 13.9. The van der Waals surface area contributed by atoms with Gasteiger partial charge in [-0.15, -0.1) is 0 Å². The van der Waals surface area contributed by atoms with E-state index in [0.717, 1.165) is 5.46 Å². The Morgan fingerprint density at radius 1 is 1.14 bits per heavy atom. The monoisotopic (exact) mass is 290 g/mol. The highest BCUT2D eigenvalue weighted by Crippen LogP contribution is 2.37. The Morgan fingerprint density at radius 3 is 2.38 bits per heavy atom. The third-order valence-electron chi connectivity index (χ3n) is 5.55. The van der Waals surface area contributed by atoms with Crippen LogP contribution >= 0.6 is 0 Å². The van der Waals surface area contributed by atoms with Crippen LogP contribution in [0.5, 0.6) is 0 Å². The predicted molar refractivity (Wildman–Crippen MR) is 84.6 cm³/mol. The standard InChI is InChI=1S/C16H27BN2O2/c1-12-8-6-7-9-14(12)19-11-13(10-18-19)17-20-15(2,3)16(4,5)21-17/h10-12,14H,6-9H2,1-5H3/t12-,14+/m0/s1. The lowest BCUT2D eigenvalue weighted by Gasteiger charge is -2.32. The van der Waals surface area contributed by atoms with Gasteiger partial charge in [0.1, 0.15) is 0 Å². The average molecular weight is 290 g/mol. The van der Waals surface area contributed by atoms with Crippen LogP contribution in [0.25, 0.3) is 0 Å². The van der Waals surface area contributed by atoms with Gasteiger partial charge in [0.25, 0.3) is 0 Å². The molecule has 0 N–H and O–H groups in total. The molecule has 4 nitrogen and oxygen atoms in total. The van der Waals surface area contributed by atoms with E-state index in [2.05, 4.69) is 50.6 Å². The van der Waals surface area contributed by atoms with Gasteiger partial charge in [-0.3, -0.25) is 4.68 Å². The van der Waals surface area contributed by atoms with Gasteiger partial charge in [0, 0.05) is 17.9 Å². The summed E-state index contributed by atoms with van der Waals surface area (Å²) in [5, 5.41) is 4.59. The molecule has 2 heterocycles. The van der Waals surface area contributed by atoms with Gasteiger partial charge in [-0.05, 0) is 46.5 Å². The van der Waals surface area contributed by atoms with E-state index in [1.165, 1.54) is 25.7 Å². The fourth-order valence-corrected chi connectivity index (χ4v) is 3.32. The van der Waals surface area contributed by atoms with Gasteiger partial charge >= 0.3 is 7.12 Å². The summed E-state index contributed by atoms with van der Waals surface area (Å²) in [6, 6.07) is 0.523. The van der Waals surface area contributed by atoms with Gasteiger partial charge in [0.15, 0.2) is 0 Å². The van der Waals surface area contributed by atoms with E-state index < -0.39 is 0 Å². The Morgan fingerprint density at radius 2 is 1.76 bits per heavy atom. The van der Waals surface area contributed by atoms with Crippen molar-refractivity contribution in [3.63, 3.8) is 0 Å². The van der Waals surface area contributed by atoms with Crippen LogP contribution in [0.2, 0.25) is 0 Å². The number of rotatable bonds is 2. The summed E-state index contributed by atoms with van der Waals surface area (Å²) >= 11 is 0.